The number of halogens is 1. The van der Waals surface area contributed by atoms with Crippen LogP contribution >= 0.6 is 0 Å². The molecule has 4 atom stereocenters. The molecule has 0 saturated heterocycles. The highest BCUT2D eigenvalue weighted by atomic mass is 19.1. The van der Waals surface area contributed by atoms with Gasteiger partial charge in [-0.15, -0.1) is 0 Å². The molecule has 2 aromatic carbocycles. The lowest BCUT2D eigenvalue weighted by molar-refractivity contribution is 0.00896. The molecule has 2 heterocycles. The summed E-state index contributed by atoms with van der Waals surface area (Å²) in [5, 5.41) is 24.1. The lowest BCUT2D eigenvalue weighted by atomic mass is 9.97. The lowest BCUT2D eigenvalue weighted by Gasteiger charge is -2.31. The van der Waals surface area contributed by atoms with E-state index in [-0.39, 0.29) is 18.0 Å². The van der Waals surface area contributed by atoms with E-state index in [1.807, 2.05) is 12.1 Å². The van der Waals surface area contributed by atoms with Crippen LogP contribution in [0.1, 0.15) is 29.5 Å². The second-order valence-electron chi connectivity index (χ2n) is 8.05. The first kappa shape index (κ1) is 20.1. The Morgan fingerprint density at radius 1 is 0.931 bits per heavy atom. The highest BCUT2D eigenvalue weighted by molar-refractivity contribution is 5.38. The molecule has 0 spiro atoms. The van der Waals surface area contributed by atoms with Gasteiger partial charge in [-0.25, -0.2) is 4.39 Å². The molecule has 0 aromatic heterocycles. The molecule has 0 radical (unpaired) electrons. The predicted octanol–water partition coefficient (Wildman–Crippen LogP) is 2.53. The van der Waals surface area contributed by atoms with Crippen LogP contribution in [0.15, 0.2) is 36.4 Å². The maximum Gasteiger partial charge on any atom is 0.126 e. The second kappa shape index (κ2) is 8.69. The van der Waals surface area contributed by atoms with Crippen molar-refractivity contribution in [1.82, 2.24) is 5.32 Å². The number of aliphatic hydroxyl groups excluding tert-OH is 2. The Morgan fingerprint density at radius 2 is 1.48 bits per heavy atom. The summed E-state index contributed by atoms with van der Waals surface area (Å²) in [7, 11) is 0. The number of hydrogen-bond donors (Lipinski definition) is 3. The van der Waals surface area contributed by atoms with Crippen molar-refractivity contribution in [2.45, 2.75) is 57.0 Å². The summed E-state index contributed by atoms with van der Waals surface area (Å²) in [4.78, 5) is 0. The topological polar surface area (TPSA) is 71.0 Å². The van der Waals surface area contributed by atoms with Crippen LogP contribution < -0.4 is 14.8 Å². The van der Waals surface area contributed by atoms with Crippen LogP contribution in [0.25, 0.3) is 0 Å². The molecule has 29 heavy (non-hydrogen) atoms. The fourth-order valence-corrected chi connectivity index (χ4v) is 4.10. The van der Waals surface area contributed by atoms with Crippen molar-refractivity contribution in [3.63, 3.8) is 0 Å². The third kappa shape index (κ3) is 4.71. The monoisotopic (exact) mass is 401 g/mol. The zero-order chi connectivity index (χ0) is 20.4. The number of hydrogen-bond acceptors (Lipinski definition) is 5. The molecule has 4 unspecified atom stereocenters. The Labute approximate surface area is 170 Å². The van der Waals surface area contributed by atoms with Gasteiger partial charge in [-0.2, -0.15) is 0 Å². The third-order valence-corrected chi connectivity index (χ3v) is 5.76. The zero-order valence-corrected chi connectivity index (χ0v) is 16.6. The third-order valence-electron chi connectivity index (χ3n) is 5.76. The zero-order valence-electron chi connectivity index (χ0n) is 16.6. The Kier molecular flexibility index (Phi) is 6.04. The molecule has 2 aliphatic rings. The minimum absolute atomic E-state index is 0.262. The van der Waals surface area contributed by atoms with E-state index < -0.39 is 12.2 Å². The Morgan fingerprint density at radius 3 is 2.10 bits per heavy atom. The predicted molar refractivity (Wildman–Crippen MR) is 108 cm³/mol. The van der Waals surface area contributed by atoms with E-state index in [0.717, 1.165) is 24.2 Å². The molecule has 3 N–H and O–H groups in total. The van der Waals surface area contributed by atoms with Gasteiger partial charge in [-0.05, 0) is 68.0 Å². The number of aryl methyl sites for hydroxylation is 3. The minimum Gasteiger partial charge on any atom is -0.487 e. The molecule has 0 amide bonds. The van der Waals surface area contributed by atoms with Gasteiger partial charge >= 0.3 is 0 Å². The average molecular weight is 401 g/mol. The van der Waals surface area contributed by atoms with Crippen molar-refractivity contribution < 1.29 is 24.1 Å². The standard InChI is InChI=1S/C23H28FNO4/c1-14-2-6-20-15(10-14)3-7-22(28-20)18(26)12-25-13-19(27)23-8-4-16-11-17(24)5-9-21(16)29-23/h2,5-6,9-11,18-19,22-23,25-27H,3-4,7-8,12-13H2,1H3. The van der Waals surface area contributed by atoms with Gasteiger partial charge in [0.1, 0.15) is 41.7 Å². The Bertz CT molecular complexity index is 789. The molecule has 0 aliphatic carbocycles. The van der Waals surface area contributed by atoms with Crippen LogP contribution in [-0.2, 0) is 12.8 Å². The summed E-state index contributed by atoms with van der Waals surface area (Å²) in [6, 6.07) is 10.6. The molecule has 2 aliphatic heterocycles. The van der Waals surface area contributed by atoms with Crippen molar-refractivity contribution in [2.75, 3.05) is 13.1 Å². The minimum atomic E-state index is -0.712. The SMILES string of the molecule is Cc1ccc2c(c1)CCC(C(O)CNCC(O)C1CCc3cc(F)ccc3O1)O2. The average Bonchev–Trinajstić information content (AvgIpc) is 2.72. The summed E-state index contributed by atoms with van der Waals surface area (Å²) in [6.45, 7) is 2.70. The van der Waals surface area contributed by atoms with Gasteiger partial charge in [0.15, 0.2) is 0 Å². The quantitative estimate of drug-likeness (QED) is 0.694. The molecule has 0 saturated carbocycles. The molecule has 0 bridgehead atoms. The van der Waals surface area contributed by atoms with Crippen molar-refractivity contribution >= 4 is 0 Å². The lowest BCUT2D eigenvalue weighted by Crippen LogP contribution is -2.46. The van der Waals surface area contributed by atoms with Gasteiger partial charge < -0.3 is 25.0 Å². The summed E-state index contributed by atoms with van der Waals surface area (Å²) in [5.74, 6) is 1.20. The fraction of sp³-hybridized carbons (Fsp3) is 0.478. The van der Waals surface area contributed by atoms with Gasteiger partial charge in [0.05, 0.1) is 0 Å². The van der Waals surface area contributed by atoms with Crippen molar-refractivity contribution in [2.24, 2.45) is 0 Å². The molecule has 156 valence electrons. The summed E-state index contributed by atoms with van der Waals surface area (Å²) in [6.07, 6.45) is 0.971. The summed E-state index contributed by atoms with van der Waals surface area (Å²) in [5.41, 5.74) is 3.23. The Hall–Kier alpha value is -2.15. The first-order valence-electron chi connectivity index (χ1n) is 10.3. The first-order chi connectivity index (χ1) is 14.0. The van der Waals surface area contributed by atoms with Crippen LogP contribution in [0.2, 0.25) is 0 Å². The van der Waals surface area contributed by atoms with Crippen molar-refractivity contribution in [3.8, 4) is 11.5 Å². The van der Waals surface area contributed by atoms with E-state index in [0.29, 0.717) is 31.7 Å². The van der Waals surface area contributed by atoms with Crippen LogP contribution in [0, 0.1) is 12.7 Å². The molecule has 6 heteroatoms. The largest absolute Gasteiger partial charge is 0.487 e. The number of benzene rings is 2. The van der Waals surface area contributed by atoms with Crippen LogP contribution in [0.4, 0.5) is 4.39 Å². The van der Waals surface area contributed by atoms with Crippen molar-refractivity contribution in [1.29, 1.82) is 0 Å². The highest BCUT2D eigenvalue weighted by Gasteiger charge is 2.29. The summed E-state index contributed by atoms with van der Waals surface area (Å²) >= 11 is 0. The number of rotatable bonds is 6. The fourth-order valence-electron chi connectivity index (χ4n) is 4.10. The van der Waals surface area contributed by atoms with E-state index in [9.17, 15) is 14.6 Å². The number of aliphatic hydroxyl groups is 2. The molecule has 0 fully saturated rings. The molecular weight excluding hydrogens is 373 g/mol. The first-order valence-corrected chi connectivity index (χ1v) is 10.3. The molecule has 4 rings (SSSR count). The van der Waals surface area contributed by atoms with Gasteiger partial charge in [0.2, 0.25) is 0 Å². The van der Waals surface area contributed by atoms with Crippen LogP contribution in [-0.4, -0.2) is 47.7 Å². The number of nitrogens with one attached hydrogen (secondary N) is 1. The van der Waals surface area contributed by atoms with E-state index >= 15 is 0 Å². The normalized spacial score (nSPS) is 22.6. The van der Waals surface area contributed by atoms with Crippen LogP contribution in [0.3, 0.4) is 0 Å². The Balaban J connectivity index is 1.24. The van der Waals surface area contributed by atoms with E-state index in [2.05, 4.69) is 18.3 Å². The highest BCUT2D eigenvalue weighted by Crippen LogP contribution is 2.30. The van der Waals surface area contributed by atoms with Gasteiger partial charge in [-0.1, -0.05) is 17.7 Å². The van der Waals surface area contributed by atoms with E-state index in [4.69, 9.17) is 9.47 Å². The van der Waals surface area contributed by atoms with Gasteiger partial charge in [-0.3, -0.25) is 0 Å². The number of ether oxygens (including phenoxy) is 2. The smallest absolute Gasteiger partial charge is 0.126 e. The van der Waals surface area contributed by atoms with Crippen LogP contribution in [0.5, 0.6) is 11.5 Å². The van der Waals surface area contributed by atoms with E-state index in [1.165, 1.54) is 23.3 Å². The van der Waals surface area contributed by atoms with Gasteiger partial charge in [0.25, 0.3) is 0 Å². The number of fused-ring (bicyclic) bond motifs is 2. The summed E-state index contributed by atoms with van der Waals surface area (Å²) < 4.78 is 25.1. The molecule has 5 nitrogen and oxygen atoms in total. The van der Waals surface area contributed by atoms with Crippen molar-refractivity contribution in [3.05, 3.63) is 58.9 Å². The maximum absolute atomic E-state index is 13.3. The van der Waals surface area contributed by atoms with E-state index in [1.54, 1.807) is 6.07 Å². The molecule has 2 aromatic rings. The second-order valence-corrected chi connectivity index (χ2v) is 8.05. The molecular formula is C23H28FNO4. The maximum atomic E-state index is 13.3. The van der Waals surface area contributed by atoms with Gasteiger partial charge in [0, 0.05) is 13.1 Å².